The largest absolute Gasteiger partial charge is 0.309 e. The van der Waals surface area contributed by atoms with Crippen molar-refractivity contribution in [3.8, 4) is 60.9 Å². The molecule has 52 heavy (non-hydrogen) atoms. The van der Waals surface area contributed by atoms with Crippen LogP contribution >= 0.6 is 11.3 Å². The van der Waals surface area contributed by atoms with Crippen LogP contribution in [0.4, 0.5) is 0 Å². The molecule has 0 fully saturated rings. The molecule has 10 rings (SSSR count). The van der Waals surface area contributed by atoms with Crippen molar-refractivity contribution < 1.29 is 0 Å². The zero-order valence-corrected chi connectivity index (χ0v) is 29.1. The Morgan fingerprint density at radius 2 is 0.962 bits per heavy atom. The predicted molar refractivity (Wildman–Crippen MR) is 221 cm³/mol. The van der Waals surface area contributed by atoms with Crippen LogP contribution in [0.15, 0.2) is 194 Å². The Hall–Kier alpha value is -6.55. The van der Waals surface area contributed by atoms with E-state index in [4.69, 9.17) is 4.98 Å². The highest BCUT2D eigenvalue weighted by molar-refractivity contribution is 7.24. The summed E-state index contributed by atoms with van der Waals surface area (Å²) in [6.07, 6.45) is 0. The molecule has 0 N–H and O–H groups in total. The molecule has 0 aliphatic carbocycles. The van der Waals surface area contributed by atoms with Crippen molar-refractivity contribution in [2.45, 2.75) is 0 Å². The van der Waals surface area contributed by atoms with Crippen LogP contribution in [-0.4, -0.2) is 9.55 Å². The van der Waals surface area contributed by atoms with Gasteiger partial charge >= 0.3 is 0 Å². The summed E-state index contributed by atoms with van der Waals surface area (Å²) in [5, 5.41) is 3.83. The third-order valence-corrected chi connectivity index (χ3v) is 11.3. The van der Waals surface area contributed by atoms with Crippen molar-refractivity contribution in [1.82, 2.24) is 9.55 Å². The molecule has 0 aliphatic rings. The van der Waals surface area contributed by atoms with Crippen LogP contribution in [0.2, 0.25) is 0 Å². The zero-order valence-electron chi connectivity index (χ0n) is 28.3. The van der Waals surface area contributed by atoms with Crippen LogP contribution < -0.4 is 0 Å². The average molecular weight is 681 g/mol. The van der Waals surface area contributed by atoms with Gasteiger partial charge in [0.2, 0.25) is 0 Å². The van der Waals surface area contributed by atoms with Crippen LogP contribution in [0.3, 0.4) is 0 Å². The number of aromatic nitrogens is 2. The third kappa shape index (κ3) is 5.14. The van der Waals surface area contributed by atoms with Crippen LogP contribution in [0, 0.1) is 0 Å². The van der Waals surface area contributed by atoms with Gasteiger partial charge in [-0.15, -0.1) is 11.3 Å². The molecule has 10 aromatic rings. The molecule has 0 bridgehead atoms. The van der Waals surface area contributed by atoms with Crippen molar-refractivity contribution in [2.75, 3.05) is 0 Å². The number of fused-ring (bicyclic) bond motifs is 5. The quantitative estimate of drug-likeness (QED) is 0.171. The number of nitrogens with zero attached hydrogens (tertiary/aromatic N) is 2. The monoisotopic (exact) mass is 680 g/mol. The molecule has 2 nitrogen and oxygen atoms in total. The Labute approximate surface area is 306 Å². The lowest BCUT2D eigenvalue weighted by Gasteiger charge is -2.13. The molecule has 0 amide bonds. The van der Waals surface area contributed by atoms with E-state index in [0.717, 1.165) is 33.8 Å². The summed E-state index contributed by atoms with van der Waals surface area (Å²) in [6, 6.07) is 69.5. The van der Waals surface area contributed by atoms with Crippen LogP contribution in [0.1, 0.15) is 0 Å². The third-order valence-electron chi connectivity index (χ3n) is 9.99. The molecule has 3 heteroatoms. The van der Waals surface area contributed by atoms with Gasteiger partial charge in [-0.3, -0.25) is 0 Å². The highest BCUT2D eigenvalue weighted by Gasteiger charge is 2.22. The molecule has 0 saturated carbocycles. The normalized spacial score (nSPS) is 11.5. The van der Waals surface area contributed by atoms with Crippen LogP contribution in [-0.2, 0) is 0 Å². The van der Waals surface area contributed by atoms with Gasteiger partial charge < -0.3 is 4.57 Å². The van der Waals surface area contributed by atoms with Crippen molar-refractivity contribution in [3.63, 3.8) is 0 Å². The molecule has 0 unspecified atom stereocenters. The molecule has 0 atom stereocenters. The van der Waals surface area contributed by atoms with Gasteiger partial charge in [-0.25, -0.2) is 4.98 Å². The Bertz CT molecular complexity index is 2810. The number of hydrogen-bond acceptors (Lipinski definition) is 2. The number of thiophene rings is 1. The Kier molecular flexibility index (Phi) is 7.37. The second-order valence-electron chi connectivity index (χ2n) is 13.1. The zero-order chi connectivity index (χ0) is 34.4. The first kappa shape index (κ1) is 30.3. The maximum Gasteiger partial charge on any atom is 0.0716 e. The molecule has 0 aliphatic heterocycles. The highest BCUT2D eigenvalue weighted by atomic mass is 32.1. The predicted octanol–water partition coefficient (Wildman–Crippen LogP) is 13.7. The standard InChI is InChI=1S/C49H32N2S/c1-5-16-33(17-6-1)38-31-42(34-18-7-2-8-19-34)50-43(32-38)37-24-15-25-39(30-37)51-44-27-14-13-26-40(44)47-45(51)29-28-41-46(35-20-9-3-10-21-35)48(52-49(41)47)36-22-11-4-12-23-36/h1-32H. The van der Waals surface area contributed by atoms with Crippen molar-refractivity contribution in [1.29, 1.82) is 0 Å². The minimum Gasteiger partial charge on any atom is -0.309 e. The second kappa shape index (κ2) is 12.6. The van der Waals surface area contributed by atoms with Crippen LogP contribution in [0.25, 0.3) is 92.8 Å². The van der Waals surface area contributed by atoms with E-state index in [0.29, 0.717) is 0 Å². The van der Waals surface area contributed by atoms with E-state index in [-0.39, 0.29) is 0 Å². The fourth-order valence-corrected chi connectivity index (χ4v) is 8.99. The van der Waals surface area contributed by atoms with Gasteiger partial charge in [-0.05, 0) is 58.7 Å². The van der Waals surface area contributed by atoms with Gasteiger partial charge in [0.1, 0.15) is 0 Å². The lowest BCUT2D eigenvalue weighted by Crippen LogP contribution is -1.96. The molecular weight excluding hydrogens is 649 g/mol. The van der Waals surface area contributed by atoms with E-state index < -0.39 is 0 Å². The number of rotatable bonds is 6. The second-order valence-corrected chi connectivity index (χ2v) is 14.2. The van der Waals surface area contributed by atoms with Gasteiger partial charge in [0.15, 0.2) is 0 Å². The minimum absolute atomic E-state index is 0.948. The van der Waals surface area contributed by atoms with Crippen molar-refractivity contribution >= 4 is 43.2 Å². The summed E-state index contributed by atoms with van der Waals surface area (Å²) < 4.78 is 3.74. The molecule has 244 valence electrons. The van der Waals surface area contributed by atoms with Gasteiger partial charge in [0.05, 0.1) is 22.4 Å². The molecule has 0 saturated heterocycles. The lowest BCUT2D eigenvalue weighted by atomic mass is 9.98. The van der Waals surface area contributed by atoms with Crippen molar-refractivity contribution in [2.24, 2.45) is 0 Å². The molecule has 3 aromatic heterocycles. The fourth-order valence-electron chi connectivity index (χ4n) is 7.61. The maximum absolute atomic E-state index is 5.25. The molecule has 0 radical (unpaired) electrons. The molecule has 7 aromatic carbocycles. The minimum atomic E-state index is 0.948. The van der Waals surface area contributed by atoms with Gasteiger partial charge in [0.25, 0.3) is 0 Å². The van der Waals surface area contributed by atoms with Gasteiger partial charge in [-0.2, -0.15) is 0 Å². The number of hydrogen-bond donors (Lipinski definition) is 0. The summed E-state index contributed by atoms with van der Waals surface area (Å²) in [6.45, 7) is 0. The van der Waals surface area contributed by atoms with E-state index in [1.807, 2.05) is 11.3 Å². The Balaban J connectivity index is 1.20. The summed E-state index contributed by atoms with van der Waals surface area (Å²) in [4.78, 5) is 6.55. The van der Waals surface area contributed by atoms with Crippen molar-refractivity contribution in [3.05, 3.63) is 194 Å². The summed E-state index contributed by atoms with van der Waals surface area (Å²) in [5.41, 5.74) is 13.7. The van der Waals surface area contributed by atoms with Gasteiger partial charge in [0, 0.05) is 48.1 Å². The molecule has 3 heterocycles. The SMILES string of the molecule is c1ccc(-c2cc(-c3ccccc3)nc(-c3cccc(-n4c5ccccc5c5c6sc(-c7ccccc7)c(-c7ccccc7)c6ccc54)c3)c2)cc1. The topological polar surface area (TPSA) is 17.8 Å². The van der Waals surface area contributed by atoms with E-state index in [9.17, 15) is 0 Å². The van der Waals surface area contributed by atoms with E-state index in [1.165, 1.54) is 59.0 Å². The maximum atomic E-state index is 5.25. The first-order chi connectivity index (χ1) is 25.8. The number of pyridine rings is 1. The number of benzene rings is 7. The average Bonchev–Trinajstić information content (AvgIpc) is 3.78. The first-order valence-electron chi connectivity index (χ1n) is 17.6. The highest BCUT2D eigenvalue weighted by Crippen LogP contribution is 2.49. The van der Waals surface area contributed by atoms with E-state index in [2.05, 4.69) is 199 Å². The lowest BCUT2D eigenvalue weighted by molar-refractivity contribution is 1.18. The number of para-hydroxylation sites is 1. The first-order valence-corrected chi connectivity index (χ1v) is 18.4. The Morgan fingerprint density at radius 1 is 0.385 bits per heavy atom. The smallest absolute Gasteiger partial charge is 0.0716 e. The molecule has 0 spiro atoms. The van der Waals surface area contributed by atoms with E-state index in [1.54, 1.807) is 0 Å². The summed E-state index contributed by atoms with van der Waals surface area (Å²) in [7, 11) is 0. The van der Waals surface area contributed by atoms with Crippen LogP contribution in [0.5, 0.6) is 0 Å². The summed E-state index contributed by atoms with van der Waals surface area (Å²) in [5.74, 6) is 0. The summed E-state index contributed by atoms with van der Waals surface area (Å²) >= 11 is 1.90. The Morgan fingerprint density at radius 3 is 1.67 bits per heavy atom. The van der Waals surface area contributed by atoms with Gasteiger partial charge in [-0.1, -0.05) is 158 Å². The fraction of sp³-hybridized carbons (Fsp3) is 0. The van der Waals surface area contributed by atoms with E-state index >= 15 is 0 Å². The molecular formula is C49H32N2S.